The van der Waals surface area contributed by atoms with Crippen LogP contribution >= 0.6 is 8.25 Å². The number of rotatable bonds is 12. The third kappa shape index (κ3) is 8.53. The van der Waals surface area contributed by atoms with Crippen molar-refractivity contribution in [3.8, 4) is 23.0 Å². The van der Waals surface area contributed by atoms with Crippen molar-refractivity contribution in [3.05, 3.63) is 132 Å². The van der Waals surface area contributed by atoms with Crippen LogP contribution < -0.4 is 9.47 Å². The summed E-state index contributed by atoms with van der Waals surface area (Å²) in [5.74, 6) is 0.302. The maximum absolute atomic E-state index is 14.1. The highest BCUT2D eigenvalue weighted by atomic mass is 31.1. The first-order valence-corrected chi connectivity index (χ1v) is 13.0. The Kier molecular flexibility index (Phi) is 9.99. The lowest BCUT2D eigenvalue weighted by molar-refractivity contribution is 0.261. The van der Waals surface area contributed by atoms with Crippen LogP contribution in [0.15, 0.2) is 109 Å². The van der Waals surface area contributed by atoms with E-state index in [1.165, 1.54) is 12.1 Å². The lowest BCUT2D eigenvalue weighted by atomic mass is 10.2. The minimum atomic E-state index is -2.73. The Labute approximate surface area is 220 Å². The number of hydrogen-bond acceptors (Lipinski definition) is 5. The van der Waals surface area contributed by atoms with Gasteiger partial charge in [-0.05, 0) is 59.7 Å². The molecule has 0 aliphatic carbocycles. The summed E-state index contributed by atoms with van der Waals surface area (Å²) in [6, 6.07) is 26.8. The molecule has 0 aliphatic heterocycles. The zero-order chi connectivity index (χ0) is 26.6. The van der Waals surface area contributed by atoms with Gasteiger partial charge in [-0.25, -0.2) is 8.78 Å². The maximum atomic E-state index is 14.1. The molecular weight excluding hydrogens is 509 g/mol. The molecule has 4 rings (SSSR count). The van der Waals surface area contributed by atoms with Crippen molar-refractivity contribution in [1.82, 2.24) is 0 Å². The first-order chi connectivity index (χ1) is 18.6. The van der Waals surface area contributed by atoms with Crippen molar-refractivity contribution in [3.63, 3.8) is 0 Å². The third-order valence-electron chi connectivity index (χ3n) is 5.07. The largest absolute Gasteiger partial charge is 0.454 e. The van der Waals surface area contributed by atoms with Gasteiger partial charge in [0, 0.05) is 0 Å². The van der Waals surface area contributed by atoms with E-state index in [0.29, 0.717) is 22.6 Å². The molecule has 0 heterocycles. The molecular formula is C30H25F2O5P. The fraction of sp³-hybridized carbons (Fsp3) is 0.0667. The first-order valence-electron chi connectivity index (χ1n) is 11.7. The van der Waals surface area contributed by atoms with Gasteiger partial charge < -0.3 is 18.5 Å². The molecule has 4 aromatic carbocycles. The van der Waals surface area contributed by atoms with Crippen LogP contribution in [0.3, 0.4) is 0 Å². The Hall–Kier alpha value is -4.03. The van der Waals surface area contributed by atoms with E-state index in [4.69, 9.17) is 18.5 Å². The number of benzene rings is 4. The van der Waals surface area contributed by atoms with Gasteiger partial charge in [0.05, 0.1) is 13.2 Å². The second-order valence-electron chi connectivity index (χ2n) is 7.89. The summed E-state index contributed by atoms with van der Waals surface area (Å²) < 4.78 is 61.7. The van der Waals surface area contributed by atoms with Gasteiger partial charge >= 0.3 is 8.25 Å². The van der Waals surface area contributed by atoms with Crippen molar-refractivity contribution in [1.29, 1.82) is 0 Å². The molecule has 0 aromatic heterocycles. The van der Waals surface area contributed by atoms with Crippen molar-refractivity contribution >= 4 is 20.4 Å². The predicted molar refractivity (Wildman–Crippen MR) is 145 cm³/mol. The van der Waals surface area contributed by atoms with E-state index in [1.807, 2.05) is 12.1 Å². The lowest BCUT2D eigenvalue weighted by Gasteiger charge is -2.07. The monoisotopic (exact) mass is 534 g/mol. The molecule has 5 nitrogen and oxygen atoms in total. The molecule has 0 amide bonds. The Bertz CT molecular complexity index is 1300. The fourth-order valence-electron chi connectivity index (χ4n) is 3.28. The molecule has 0 saturated carbocycles. The normalized spacial score (nSPS) is 11.4. The number of ether oxygens (including phenoxy) is 2. The highest BCUT2D eigenvalue weighted by Crippen LogP contribution is 2.28. The summed E-state index contributed by atoms with van der Waals surface area (Å²) in [5, 5.41) is 0. The SMILES string of the molecule is O=[PH](OC/C=C/c1ccc(F)c(Oc2ccccc2)c1)OC/C=C/c1ccc(F)c(Oc2ccccc2)c1. The zero-order valence-electron chi connectivity index (χ0n) is 20.3. The second kappa shape index (κ2) is 14.1. The van der Waals surface area contributed by atoms with Crippen LogP contribution in [-0.4, -0.2) is 13.2 Å². The van der Waals surface area contributed by atoms with Crippen LogP contribution in [-0.2, 0) is 13.6 Å². The van der Waals surface area contributed by atoms with Gasteiger partial charge in [-0.1, -0.05) is 72.8 Å². The summed E-state index contributed by atoms with van der Waals surface area (Å²) >= 11 is 0. The quantitative estimate of drug-likeness (QED) is 0.170. The lowest BCUT2D eigenvalue weighted by Crippen LogP contribution is -1.90. The summed E-state index contributed by atoms with van der Waals surface area (Å²) in [5.41, 5.74) is 1.39. The average molecular weight is 534 g/mol. The molecule has 0 bridgehead atoms. The standard InChI is InChI=1S/C30H25F2O5P/c31-27-17-15-23(21-29(27)36-25-11-3-1-4-12-25)9-7-19-34-38(33)35-20-8-10-24-16-18-28(32)30(22-24)37-26-13-5-2-6-14-26/h1-18,21-22,38H,19-20H2/b9-7+,10-8+. The van der Waals surface area contributed by atoms with Crippen LogP contribution in [0, 0.1) is 11.6 Å². The minimum absolute atomic E-state index is 0.0475. The summed E-state index contributed by atoms with van der Waals surface area (Å²) in [7, 11) is -2.73. The molecule has 0 spiro atoms. The smallest absolute Gasteiger partial charge is 0.319 e. The van der Waals surface area contributed by atoms with Crippen molar-refractivity contribution < 1.29 is 31.9 Å². The van der Waals surface area contributed by atoms with Crippen LogP contribution in [0.5, 0.6) is 23.0 Å². The van der Waals surface area contributed by atoms with Crippen molar-refractivity contribution in [2.24, 2.45) is 0 Å². The summed E-state index contributed by atoms with van der Waals surface area (Å²) in [6.07, 6.45) is 6.70. The minimum Gasteiger partial charge on any atom is -0.454 e. The molecule has 194 valence electrons. The molecule has 0 radical (unpaired) electrons. The first kappa shape index (κ1) is 27.0. The average Bonchev–Trinajstić information content (AvgIpc) is 2.93. The summed E-state index contributed by atoms with van der Waals surface area (Å²) in [4.78, 5) is 0. The van der Waals surface area contributed by atoms with Crippen LogP contribution in [0.4, 0.5) is 8.78 Å². The van der Waals surface area contributed by atoms with E-state index in [2.05, 4.69) is 0 Å². The molecule has 0 atom stereocenters. The Morgan fingerprint density at radius 1 is 0.605 bits per heavy atom. The van der Waals surface area contributed by atoms with Crippen molar-refractivity contribution in [2.45, 2.75) is 0 Å². The van der Waals surface area contributed by atoms with Gasteiger partial charge in [-0.2, -0.15) is 0 Å². The highest BCUT2D eigenvalue weighted by molar-refractivity contribution is 7.33. The second-order valence-corrected chi connectivity index (χ2v) is 8.96. The molecule has 0 N–H and O–H groups in total. The number of halogens is 2. The maximum Gasteiger partial charge on any atom is 0.319 e. The van der Waals surface area contributed by atoms with E-state index >= 15 is 0 Å². The molecule has 0 fully saturated rings. The van der Waals surface area contributed by atoms with Gasteiger partial charge in [0.15, 0.2) is 23.1 Å². The third-order valence-corrected chi connectivity index (χ3v) is 5.87. The van der Waals surface area contributed by atoms with Gasteiger partial charge in [-0.15, -0.1) is 0 Å². The molecule has 0 unspecified atom stereocenters. The van der Waals surface area contributed by atoms with Crippen LogP contribution in [0.1, 0.15) is 11.1 Å². The van der Waals surface area contributed by atoms with E-state index in [9.17, 15) is 13.3 Å². The molecule has 0 saturated heterocycles. The van der Waals surface area contributed by atoms with Gasteiger partial charge in [-0.3, -0.25) is 4.57 Å². The van der Waals surface area contributed by atoms with Crippen molar-refractivity contribution in [2.75, 3.05) is 13.2 Å². The van der Waals surface area contributed by atoms with Gasteiger partial charge in [0.2, 0.25) is 0 Å². The van der Waals surface area contributed by atoms with E-state index in [-0.39, 0.29) is 24.7 Å². The Morgan fingerprint density at radius 3 is 1.45 bits per heavy atom. The Morgan fingerprint density at radius 2 is 1.03 bits per heavy atom. The molecule has 0 aliphatic rings. The predicted octanol–water partition coefficient (Wildman–Crippen LogP) is 8.70. The number of hydrogen-bond donors (Lipinski definition) is 0. The summed E-state index contributed by atoms with van der Waals surface area (Å²) in [6.45, 7) is 0.0951. The van der Waals surface area contributed by atoms with E-state index < -0.39 is 19.9 Å². The topological polar surface area (TPSA) is 54.0 Å². The van der Waals surface area contributed by atoms with Crippen LogP contribution in [0.2, 0.25) is 0 Å². The van der Waals surface area contributed by atoms with Gasteiger partial charge in [0.25, 0.3) is 0 Å². The van der Waals surface area contributed by atoms with E-state index in [0.717, 1.165) is 0 Å². The fourth-order valence-corrected chi connectivity index (χ4v) is 3.82. The molecule has 4 aromatic rings. The van der Waals surface area contributed by atoms with E-state index in [1.54, 1.807) is 97.1 Å². The Balaban J connectivity index is 1.21. The molecule has 8 heteroatoms. The molecule has 38 heavy (non-hydrogen) atoms. The number of para-hydroxylation sites is 2. The highest BCUT2D eigenvalue weighted by Gasteiger charge is 2.06. The van der Waals surface area contributed by atoms with Gasteiger partial charge in [0.1, 0.15) is 11.5 Å². The van der Waals surface area contributed by atoms with Crippen LogP contribution in [0.25, 0.3) is 12.2 Å². The zero-order valence-corrected chi connectivity index (χ0v) is 21.3.